The van der Waals surface area contributed by atoms with Crippen LogP contribution in [-0.4, -0.2) is 115 Å². The molecule has 0 saturated heterocycles. The summed E-state index contributed by atoms with van der Waals surface area (Å²) in [6, 6.07) is 26.6. The standard InChI is InChI=1S/C49H74N7O/c1-12-52-43-23-15-13-21-41(43)48(2,3)45(52)25-17-26-46-49(4,5)42-22-14-16-24-44(42)53(46)34-31-47(57)51-33-19-35-54(6,7)36-20-38-56(10,11)40-29-27-39(28-30-40)55(8,9)37-18-32-50/h13-17,21-30H,12,18-20,31-38,50H2,1-11H3/q+3/p+1. The van der Waals surface area contributed by atoms with E-state index < -0.39 is 0 Å². The lowest BCUT2D eigenvalue weighted by Crippen LogP contribution is -2.47. The number of nitrogens with two attached hydrogens (primary N) is 1. The molecule has 0 aromatic heterocycles. The van der Waals surface area contributed by atoms with Gasteiger partial charge in [0.05, 0.1) is 80.3 Å². The van der Waals surface area contributed by atoms with Gasteiger partial charge in [0.15, 0.2) is 12.3 Å². The van der Waals surface area contributed by atoms with Crippen molar-refractivity contribution in [2.75, 3.05) is 99.5 Å². The molecule has 1 amide bonds. The highest BCUT2D eigenvalue weighted by molar-refractivity contribution is 6.03. The number of rotatable bonds is 19. The number of likely N-dealkylation sites (N-methyl/N-ethyl adjacent to an activating group) is 1. The molecular weight excluding hydrogens is 703 g/mol. The largest absolute Gasteiger partial charge is 0.356 e. The van der Waals surface area contributed by atoms with Crippen LogP contribution in [0.25, 0.3) is 0 Å². The van der Waals surface area contributed by atoms with Crippen LogP contribution in [0, 0.1) is 0 Å². The van der Waals surface area contributed by atoms with E-state index in [9.17, 15) is 4.79 Å². The molecule has 0 fully saturated rings. The van der Waals surface area contributed by atoms with Crippen molar-refractivity contribution in [3.05, 3.63) is 108 Å². The Bertz CT molecular complexity index is 1950. The van der Waals surface area contributed by atoms with Gasteiger partial charge in [-0.3, -0.25) is 13.8 Å². The topological polar surface area (TPSA) is 61.4 Å². The second-order valence-electron chi connectivity index (χ2n) is 19.1. The minimum absolute atomic E-state index is 0.0760. The monoisotopic (exact) mass is 778 g/mol. The molecule has 3 aromatic rings. The van der Waals surface area contributed by atoms with Crippen LogP contribution in [0.3, 0.4) is 0 Å². The predicted octanol–water partition coefficient (Wildman–Crippen LogP) is 7.87. The molecule has 0 atom stereocenters. The van der Waals surface area contributed by atoms with Gasteiger partial charge < -0.3 is 20.4 Å². The Kier molecular flexibility index (Phi) is 13.8. The zero-order valence-electron chi connectivity index (χ0n) is 37.4. The molecule has 5 rings (SSSR count). The van der Waals surface area contributed by atoms with E-state index in [0.717, 1.165) is 72.0 Å². The van der Waals surface area contributed by atoms with Crippen molar-refractivity contribution in [1.29, 1.82) is 0 Å². The second-order valence-corrected chi connectivity index (χ2v) is 19.1. The minimum atomic E-state index is -0.177. The number of nitrogens with zero attached hydrogens (tertiary/aromatic N) is 5. The third-order valence-electron chi connectivity index (χ3n) is 12.9. The molecule has 2 heterocycles. The molecule has 2 aliphatic rings. The Balaban J connectivity index is 1.14. The van der Waals surface area contributed by atoms with Gasteiger partial charge in [0.2, 0.25) is 11.6 Å². The first-order valence-electron chi connectivity index (χ1n) is 21.4. The molecule has 8 heteroatoms. The molecule has 2 aliphatic heterocycles. The molecule has 0 unspecified atom stereocenters. The molecule has 8 nitrogen and oxygen atoms in total. The maximum absolute atomic E-state index is 13.3. The Morgan fingerprint density at radius 3 is 1.96 bits per heavy atom. The van der Waals surface area contributed by atoms with Crippen molar-refractivity contribution in [3.8, 4) is 0 Å². The van der Waals surface area contributed by atoms with Crippen LogP contribution in [0.4, 0.5) is 22.7 Å². The quantitative estimate of drug-likeness (QED) is 0.0741. The smallest absolute Gasteiger partial charge is 0.226 e. The number of carbonyl (C=O) groups excluding carboxylic acids is 1. The van der Waals surface area contributed by atoms with E-state index in [1.807, 2.05) is 0 Å². The average Bonchev–Trinajstić information content (AvgIpc) is 3.53. The van der Waals surface area contributed by atoms with Crippen molar-refractivity contribution in [2.24, 2.45) is 5.73 Å². The van der Waals surface area contributed by atoms with E-state index in [1.54, 1.807) is 0 Å². The highest BCUT2D eigenvalue weighted by Gasteiger charge is 2.44. The maximum Gasteiger partial charge on any atom is 0.226 e. The highest BCUT2D eigenvalue weighted by atomic mass is 16.1. The van der Waals surface area contributed by atoms with Crippen molar-refractivity contribution in [3.63, 3.8) is 0 Å². The number of carbonyl (C=O) groups is 1. The summed E-state index contributed by atoms with van der Waals surface area (Å²) in [6.45, 7) is 18.7. The summed E-state index contributed by atoms with van der Waals surface area (Å²) in [7, 11) is 13.8. The highest BCUT2D eigenvalue weighted by Crippen LogP contribution is 2.47. The first-order valence-corrected chi connectivity index (χ1v) is 21.4. The van der Waals surface area contributed by atoms with Crippen LogP contribution < -0.4 is 24.9 Å². The molecule has 0 spiro atoms. The Morgan fingerprint density at radius 1 is 0.754 bits per heavy atom. The molecule has 57 heavy (non-hydrogen) atoms. The van der Waals surface area contributed by atoms with Crippen LogP contribution in [0.5, 0.6) is 0 Å². The second kappa shape index (κ2) is 17.8. The number of nitrogens with one attached hydrogen (secondary N) is 1. The minimum Gasteiger partial charge on any atom is -0.356 e. The number of para-hydroxylation sites is 2. The lowest BCUT2D eigenvalue weighted by atomic mass is 9.81. The van der Waals surface area contributed by atoms with Gasteiger partial charge in [-0.25, -0.2) is 0 Å². The molecular formula is C49H75N7O+4. The van der Waals surface area contributed by atoms with E-state index in [-0.39, 0.29) is 16.7 Å². The van der Waals surface area contributed by atoms with Crippen LogP contribution in [-0.2, 0) is 15.6 Å². The number of fused-ring (bicyclic) bond motifs is 2. The van der Waals surface area contributed by atoms with Crippen molar-refractivity contribution in [2.45, 2.75) is 71.1 Å². The summed E-state index contributed by atoms with van der Waals surface area (Å²) < 4.78 is 5.03. The molecule has 0 saturated carbocycles. The third kappa shape index (κ3) is 9.97. The van der Waals surface area contributed by atoms with E-state index in [4.69, 9.17) is 5.73 Å². The van der Waals surface area contributed by atoms with E-state index in [0.29, 0.717) is 19.5 Å². The number of hydrogen-bond acceptors (Lipinski definition) is 3. The Hall–Kier alpha value is -4.08. The summed E-state index contributed by atoms with van der Waals surface area (Å²) >= 11 is 0. The molecule has 0 bridgehead atoms. The van der Waals surface area contributed by atoms with Gasteiger partial charge in [-0.05, 0) is 45.0 Å². The van der Waals surface area contributed by atoms with Crippen molar-refractivity contribution >= 4 is 34.4 Å². The van der Waals surface area contributed by atoms with E-state index >= 15 is 0 Å². The fraction of sp³-hybridized carbons (Fsp3) is 0.510. The molecule has 0 radical (unpaired) electrons. The first-order chi connectivity index (χ1) is 26.9. The zero-order chi connectivity index (χ0) is 41.6. The average molecular weight is 778 g/mol. The Labute approximate surface area is 345 Å². The summed E-state index contributed by atoms with van der Waals surface area (Å²) in [5.74, 6) is 0.114. The SMILES string of the molecule is CCN1C(=CC=CC2=[N+](CCC(=O)NCCC[N+](C)(C)CCC[N+](C)(C)c3ccc([N+](C)(C)CCCN)cc3)c3ccccc3C2(C)C)C(C)(C)c2ccccc21. The van der Waals surface area contributed by atoms with Gasteiger partial charge >= 0.3 is 0 Å². The number of anilines is 1. The number of allylic oxidation sites excluding steroid dienone is 4. The Morgan fingerprint density at radius 2 is 1.33 bits per heavy atom. The molecule has 308 valence electrons. The van der Waals surface area contributed by atoms with Gasteiger partial charge in [-0.2, -0.15) is 4.58 Å². The first kappa shape index (κ1) is 44.0. The fourth-order valence-electron chi connectivity index (χ4n) is 9.14. The summed E-state index contributed by atoms with van der Waals surface area (Å²) in [5, 5.41) is 3.25. The molecule has 0 aliphatic carbocycles. The predicted molar refractivity (Wildman–Crippen MR) is 245 cm³/mol. The fourth-order valence-corrected chi connectivity index (χ4v) is 9.14. The third-order valence-corrected chi connectivity index (χ3v) is 12.9. The van der Waals surface area contributed by atoms with Gasteiger partial charge in [0.1, 0.15) is 11.4 Å². The molecule has 3 N–H and O–H groups in total. The van der Waals surface area contributed by atoms with Gasteiger partial charge in [0, 0.05) is 91.1 Å². The van der Waals surface area contributed by atoms with Gasteiger partial charge in [-0.1, -0.05) is 56.3 Å². The summed E-state index contributed by atoms with van der Waals surface area (Å²) in [4.78, 5) is 15.7. The number of benzene rings is 3. The summed E-state index contributed by atoms with van der Waals surface area (Å²) in [5.41, 5.74) is 15.9. The van der Waals surface area contributed by atoms with Crippen LogP contribution in [0.1, 0.15) is 71.4 Å². The van der Waals surface area contributed by atoms with Gasteiger partial charge in [0.25, 0.3) is 0 Å². The lowest BCUT2D eigenvalue weighted by Gasteiger charge is -2.34. The normalized spacial score (nSPS) is 17.1. The van der Waals surface area contributed by atoms with E-state index in [2.05, 4.69) is 183 Å². The summed E-state index contributed by atoms with van der Waals surface area (Å²) in [6.07, 6.45) is 10.4. The van der Waals surface area contributed by atoms with Crippen LogP contribution in [0.15, 0.2) is 96.7 Å². The lowest BCUT2D eigenvalue weighted by molar-refractivity contribution is -0.890. The van der Waals surface area contributed by atoms with Gasteiger partial charge in [-0.15, -0.1) is 0 Å². The van der Waals surface area contributed by atoms with E-state index in [1.165, 1.54) is 45.3 Å². The van der Waals surface area contributed by atoms with Crippen LogP contribution in [0.2, 0.25) is 0 Å². The number of amides is 1. The van der Waals surface area contributed by atoms with Crippen LogP contribution >= 0.6 is 0 Å². The molecule has 3 aromatic carbocycles. The maximum atomic E-state index is 13.3. The number of hydrogen-bond donors (Lipinski definition) is 2. The van der Waals surface area contributed by atoms with Crippen molar-refractivity contribution in [1.82, 2.24) is 14.3 Å². The zero-order valence-corrected chi connectivity index (χ0v) is 37.4. The van der Waals surface area contributed by atoms with Crippen molar-refractivity contribution < 1.29 is 13.9 Å². The number of quaternary nitrogens is 3.